The molecule has 0 aliphatic heterocycles. The van der Waals surface area contributed by atoms with E-state index in [2.05, 4.69) is 5.32 Å². The number of carbonyl (C=O) groups excluding carboxylic acids is 1. The van der Waals surface area contributed by atoms with Crippen LogP contribution in [0.1, 0.15) is 31.4 Å². The van der Waals surface area contributed by atoms with Crippen molar-refractivity contribution in [2.45, 2.75) is 45.1 Å². The summed E-state index contributed by atoms with van der Waals surface area (Å²) in [5, 5.41) is 2.78. The fraction of sp³-hybridized carbons (Fsp3) is 0.409. The highest BCUT2D eigenvalue weighted by Crippen LogP contribution is 2.24. The summed E-state index contributed by atoms with van der Waals surface area (Å²) in [4.78, 5) is 12.6. The Kier molecular flexibility index (Phi) is 8.22. The average Bonchev–Trinajstić information content (AvgIpc) is 2.66. The zero-order chi connectivity index (χ0) is 21.4. The number of amides is 1. The molecule has 29 heavy (non-hydrogen) atoms. The molecule has 0 aromatic heterocycles. The third kappa shape index (κ3) is 6.87. The molecule has 0 unspecified atom stereocenters. The molecule has 0 saturated carbocycles. The van der Waals surface area contributed by atoms with E-state index in [9.17, 15) is 13.2 Å². The zero-order valence-electron chi connectivity index (χ0n) is 17.5. The van der Waals surface area contributed by atoms with Gasteiger partial charge in [0.05, 0.1) is 16.7 Å². The van der Waals surface area contributed by atoms with E-state index in [0.29, 0.717) is 25.3 Å². The van der Waals surface area contributed by atoms with Crippen LogP contribution in [0.3, 0.4) is 0 Å². The molecule has 0 fully saturated rings. The second-order valence-electron chi connectivity index (χ2n) is 7.28. The van der Waals surface area contributed by atoms with E-state index in [1.165, 1.54) is 0 Å². The third-order valence-corrected chi connectivity index (χ3v) is 6.10. The number of hydrogen-bond acceptors (Lipinski definition) is 4. The topological polar surface area (TPSA) is 75.7 Å². The highest BCUT2D eigenvalue weighted by molar-refractivity contribution is 7.92. The number of hydrogen-bond donors (Lipinski definition) is 1. The van der Waals surface area contributed by atoms with Gasteiger partial charge in [0.25, 0.3) is 10.0 Å². The molecule has 2 aromatic rings. The van der Waals surface area contributed by atoms with E-state index in [1.807, 2.05) is 39.8 Å². The van der Waals surface area contributed by atoms with Crippen molar-refractivity contribution in [1.82, 2.24) is 5.32 Å². The van der Waals surface area contributed by atoms with Gasteiger partial charge >= 0.3 is 0 Å². The number of rotatable bonds is 10. The number of nitrogens with one attached hydrogen (secondary N) is 1. The van der Waals surface area contributed by atoms with Gasteiger partial charge in [-0.05, 0) is 58.4 Å². The summed E-state index contributed by atoms with van der Waals surface area (Å²) in [7, 11) is -3.88. The van der Waals surface area contributed by atoms with Crippen LogP contribution in [0.2, 0.25) is 0 Å². The quantitative estimate of drug-likeness (QED) is 0.600. The van der Waals surface area contributed by atoms with Crippen LogP contribution in [-0.4, -0.2) is 40.1 Å². The maximum absolute atomic E-state index is 13.2. The SMILES string of the molecule is Cc1ccc(N(CC(=O)NCCCOC(C)C)S(=O)(=O)c2ccc(C)cc2)cc1. The van der Waals surface area contributed by atoms with Gasteiger partial charge in [-0.15, -0.1) is 0 Å². The molecular weight excluding hydrogens is 388 g/mol. The molecule has 1 amide bonds. The number of nitrogens with zero attached hydrogens (tertiary/aromatic N) is 1. The number of benzene rings is 2. The Morgan fingerprint density at radius 2 is 1.55 bits per heavy atom. The van der Waals surface area contributed by atoms with E-state index < -0.39 is 10.0 Å². The second kappa shape index (κ2) is 10.4. The molecule has 0 heterocycles. The highest BCUT2D eigenvalue weighted by atomic mass is 32.2. The lowest BCUT2D eigenvalue weighted by Gasteiger charge is -2.24. The Morgan fingerprint density at radius 3 is 2.10 bits per heavy atom. The van der Waals surface area contributed by atoms with E-state index in [1.54, 1.807) is 36.4 Å². The summed E-state index contributed by atoms with van der Waals surface area (Å²) in [6, 6.07) is 13.7. The van der Waals surface area contributed by atoms with Crippen LogP contribution in [0.4, 0.5) is 5.69 Å². The van der Waals surface area contributed by atoms with Gasteiger partial charge in [0.2, 0.25) is 5.91 Å². The van der Waals surface area contributed by atoms with Crippen LogP contribution in [0.15, 0.2) is 53.4 Å². The molecule has 2 rings (SSSR count). The molecule has 6 nitrogen and oxygen atoms in total. The van der Waals surface area contributed by atoms with Crippen LogP contribution in [0.25, 0.3) is 0 Å². The molecule has 7 heteroatoms. The molecule has 0 bridgehead atoms. The van der Waals surface area contributed by atoms with Crippen LogP contribution in [0, 0.1) is 13.8 Å². The van der Waals surface area contributed by atoms with Crippen molar-refractivity contribution in [3.05, 3.63) is 59.7 Å². The third-order valence-electron chi connectivity index (χ3n) is 4.31. The molecule has 0 saturated heterocycles. The van der Waals surface area contributed by atoms with Crippen molar-refractivity contribution in [3.63, 3.8) is 0 Å². The van der Waals surface area contributed by atoms with Crippen LogP contribution in [0.5, 0.6) is 0 Å². The molecular formula is C22H30N2O4S. The van der Waals surface area contributed by atoms with Gasteiger partial charge in [-0.2, -0.15) is 0 Å². The first-order chi connectivity index (χ1) is 13.7. The molecule has 0 radical (unpaired) electrons. The number of anilines is 1. The Hall–Kier alpha value is -2.38. The van der Waals surface area contributed by atoms with Crippen molar-refractivity contribution < 1.29 is 17.9 Å². The Balaban J connectivity index is 2.16. The number of sulfonamides is 1. The average molecular weight is 419 g/mol. The van der Waals surface area contributed by atoms with Crippen molar-refractivity contribution in [3.8, 4) is 0 Å². The van der Waals surface area contributed by atoms with Gasteiger partial charge in [0.1, 0.15) is 6.54 Å². The normalized spacial score (nSPS) is 11.5. The van der Waals surface area contributed by atoms with Gasteiger partial charge in [-0.1, -0.05) is 35.4 Å². The minimum Gasteiger partial charge on any atom is -0.379 e. The lowest BCUT2D eigenvalue weighted by atomic mass is 10.2. The second-order valence-corrected chi connectivity index (χ2v) is 9.15. The first-order valence-electron chi connectivity index (χ1n) is 9.74. The number of aryl methyl sites for hydroxylation is 2. The maximum Gasteiger partial charge on any atom is 0.264 e. The zero-order valence-corrected chi connectivity index (χ0v) is 18.3. The first-order valence-corrected chi connectivity index (χ1v) is 11.2. The summed E-state index contributed by atoms with van der Waals surface area (Å²) in [6.45, 7) is 8.41. The minimum atomic E-state index is -3.88. The first kappa shape index (κ1) is 22.9. The summed E-state index contributed by atoms with van der Waals surface area (Å²) in [5.41, 5.74) is 2.43. The fourth-order valence-electron chi connectivity index (χ4n) is 2.67. The van der Waals surface area contributed by atoms with Gasteiger partial charge < -0.3 is 10.1 Å². The van der Waals surface area contributed by atoms with Crippen molar-refractivity contribution >= 4 is 21.6 Å². The molecule has 158 valence electrons. The summed E-state index contributed by atoms with van der Waals surface area (Å²) in [5.74, 6) is -0.356. The van der Waals surface area contributed by atoms with Crippen LogP contribution in [-0.2, 0) is 19.6 Å². The fourth-order valence-corrected chi connectivity index (χ4v) is 4.09. The van der Waals surface area contributed by atoms with E-state index in [0.717, 1.165) is 15.4 Å². The molecule has 1 N–H and O–H groups in total. The van der Waals surface area contributed by atoms with E-state index >= 15 is 0 Å². The van der Waals surface area contributed by atoms with E-state index in [4.69, 9.17) is 4.74 Å². The van der Waals surface area contributed by atoms with Crippen molar-refractivity contribution in [1.29, 1.82) is 0 Å². The predicted molar refractivity (Wildman–Crippen MR) is 116 cm³/mol. The van der Waals surface area contributed by atoms with Gasteiger partial charge in [0.15, 0.2) is 0 Å². The molecule has 2 aromatic carbocycles. The van der Waals surface area contributed by atoms with Gasteiger partial charge in [0, 0.05) is 13.2 Å². The lowest BCUT2D eigenvalue weighted by molar-refractivity contribution is -0.119. The lowest BCUT2D eigenvalue weighted by Crippen LogP contribution is -2.41. The molecule has 0 spiro atoms. The molecule has 0 aliphatic rings. The minimum absolute atomic E-state index is 0.141. The Bertz CT molecular complexity index is 891. The molecule has 0 atom stereocenters. The monoisotopic (exact) mass is 418 g/mol. The summed E-state index contributed by atoms with van der Waals surface area (Å²) >= 11 is 0. The summed E-state index contributed by atoms with van der Waals surface area (Å²) < 4.78 is 33.1. The number of carbonyl (C=O) groups is 1. The summed E-state index contributed by atoms with van der Waals surface area (Å²) in [6.07, 6.45) is 0.807. The van der Waals surface area contributed by atoms with Gasteiger partial charge in [-0.3, -0.25) is 9.10 Å². The van der Waals surface area contributed by atoms with E-state index in [-0.39, 0.29) is 23.5 Å². The van der Waals surface area contributed by atoms with Crippen molar-refractivity contribution in [2.24, 2.45) is 0 Å². The van der Waals surface area contributed by atoms with Crippen LogP contribution < -0.4 is 9.62 Å². The van der Waals surface area contributed by atoms with Crippen molar-refractivity contribution in [2.75, 3.05) is 24.0 Å². The van der Waals surface area contributed by atoms with Gasteiger partial charge in [-0.25, -0.2) is 8.42 Å². The highest BCUT2D eigenvalue weighted by Gasteiger charge is 2.27. The molecule has 0 aliphatic carbocycles. The smallest absolute Gasteiger partial charge is 0.264 e. The largest absolute Gasteiger partial charge is 0.379 e. The Labute approximate surface area is 173 Å². The van der Waals surface area contributed by atoms with Crippen LogP contribution >= 0.6 is 0 Å². The number of ether oxygens (including phenoxy) is 1. The standard InChI is InChI=1S/C22H30N2O4S/c1-17(2)28-15-5-14-23-22(25)16-24(20-10-6-18(3)7-11-20)29(26,27)21-12-8-19(4)9-13-21/h6-13,17H,5,14-16H2,1-4H3,(H,23,25). The maximum atomic E-state index is 13.2. The predicted octanol–water partition coefficient (Wildman–Crippen LogP) is 3.43. The Morgan fingerprint density at radius 1 is 1.00 bits per heavy atom.